The highest BCUT2D eigenvalue weighted by atomic mass is 16.5. The van der Waals surface area contributed by atoms with Gasteiger partial charge in [-0.2, -0.15) is 0 Å². The van der Waals surface area contributed by atoms with Gasteiger partial charge in [0, 0.05) is 6.54 Å². The molecule has 5 rings (SSSR count). The molecule has 0 radical (unpaired) electrons. The lowest BCUT2D eigenvalue weighted by Gasteiger charge is -2.56. The van der Waals surface area contributed by atoms with Crippen LogP contribution in [0.5, 0.6) is 5.75 Å². The molecule has 4 fully saturated rings. The first-order chi connectivity index (χ1) is 11.2. The summed E-state index contributed by atoms with van der Waals surface area (Å²) < 4.78 is 5.59. The van der Waals surface area contributed by atoms with Gasteiger partial charge in [-0.1, -0.05) is 12.1 Å². The average Bonchev–Trinajstić information content (AvgIpc) is 2.52. The maximum absolute atomic E-state index is 12.6. The fourth-order valence-electron chi connectivity index (χ4n) is 5.81. The minimum atomic E-state index is 0.0183. The molecule has 23 heavy (non-hydrogen) atoms. The number of benzene rings is 1. The Kier molecular flexibility index (Phi) is 3.82. The molecule has 4 bridgehead atoms. The van der Waals surface area contributed by atoms with Crippen LogP contribution in [-0.2, 0) is 0 Å². The fourth-order valence-corrected chi connectivity index (χ4v) is 5.81. The molecule has 0 spiro atoms. The summed E-state index contributed by atoms with van der Waals surface area (Å²) >= 11 is 0. The summed E-state index contributed by atoms with van der Waals surface area (Å²) in [6, 6.07) is 7.56. The first kappa shape index (κ1) is 15.0. The Morgan fingerprint density at radius 3 is 2.35 bits per heavy atom. The van der Waals surface area contributed by atoms with E-state index in [1.807, 2.05) is 31.2 Å². The standard InChI is InChI=1S/C20H27NO2/c1-2-23-18-6-4-3-5-17(18)19(22)21-13-20-10-14-7-15(11-20)9-16(8-14)12-20/h3-6,14-16H,2,7-13H2,1H3,(H,21,22). The summed E-state index contributed by atoms with van der Waals surface area (Å²) in [5.74, 6) is 3.49. The van der Waals surface area contributed by atoms with Gasteiger partial charge in [0.2, 0.25) is 0 Å². The number of carbonyl (C=O) groups is 1. The van der Waals surface area contributed by atoms with Crippen molar-refractivity contribution in [2.75, 3.05) is 13.2 Å². The van der Waals surface area contributed by atoms with Crippen molar-refractivity contribution in [3.63, 3.8) is 0 Å². The molecule has 0 saturated heterocycles. The number of rotatable bonds is 5. The summed E-state index contributed by atoms with van der Waals surface area (Å²) in [6.07, 6.45) is 8.31. The number of para-hydroxylation sites is 1. The Labute approximate surface area is 138 Å². The number of hydrogen-bond acceptors (Lipinski definition) is 2. The Balaban J connectivity index is 1.44. The van der Waals surface area contributed by atoms with Gasteiger partial charge in [-0.05, 0) is 80.8 Å². The molecule has 124 valence electrons. The Morgan fingerprint density at radius 2 is 1.74 bits per heavy atom. The van der Waals surface area contributed by atoms with Crippen LogP contribution in [0.1, 0.15) is 55.8 Å². The Morgan fingerprint density at radius 1 is 1.13 bits per heavy atom. The van der Waals surface area contributed by atoms with E-state index in [4.69, 9.17) is 4.74 Å². The van der Waals surface area contributed by atoms with Crippen LogP contribution in [0.3, 0.4) is 0 Å². The highest BCUT2D eigenvalue weighted by Gasteiger charge is 2.50. The van der Waals surface area contributed by atoms with Gasteiger partial charge >= 0.3 is 0 Å². The zero-order chi connectivity index (χ0) is 15.9. The van der Waals surface area contributed by atoms with Crippen molar-refractivity contribution >= 4 is 5.91 Å². The second-order valence-corrected chi connectivity index (χ2v) is 8.03. The van der Waals surface area contributed by atoms with E-state index in [9.17, 15) is 4.79 Å². The van der Waals surface area contributed by atoms with Gasteiger partial charge in [-0.15, -0.1) is 0 Å². The predicted octanol–water partition coefficient (Wildman–Crippen LogP) is 4.03. The van der Waals surface area contributed by atoms with Crippen LogP contribution in [0.4, 0.5) is 0 Å². The normalized spacial score (nSPS) is 34.4. The molecule has 0 heterocycles. The molecule has 4 saturated carbocycles. The van der Waals surface area contributed by atoms with Crippen molar-refractivity contribution in [2.24, 2.45) is 23.2 Å². The highest BCUT2D eigenvalue weighted by molar-refractivity contribution is 5.96. The van der Waals surface area contributed by atoms with Gasteiger partial charge < -0.3 is 10.1 Å². The summed E-state index contributed by atoms with van der Waals surface area (Å²) in [6.45, 7) is 3.37. The zero-order valence-corrected chi connectivity index (χ0v) is 14.0. The monoisotopic (exact) mass is 313 g/mol. The second kappa shape index (κ2) is 5.85. The molecule has 1 aromatic rings. The van der Waals surface area contributed by atoms with Crippen LogP contribution < -0.4 is 10.1 Å². The maximum atomic E-state index is 12.6. The molecule has 1 N–H and O–H groups in total. The first-order valence-electron chi connectivity index (χ1n) is 9.17. The van der Waals surface area contributed by atoms with Gasteiger partial charge in [0.15, 0.2) is 0 Å². The molecule has 0 aromatic heterocycles. The molecule has 4 aliphatic rings. The quantitative estimate of drug-likeness (QED) is 0.891. The van der Waals surface area contributed by atoms with Gasteiger partial charge in [0.1, 0.15) is 5.75 Å². The average molecular weight is 313 g/mol. The molecule has 4 aliphatic carbocycles. The van der Waals surface area contributed by atoms with E-state index in [2.05, 4.69) is 5.32 Å². The summed E-state index contributed by atoms with van der Waals surface area (Å²) in [5, 5.41) is 3.24. The molecule has 3 heteroatoms. The van der Waals surface area contributed by atoms with Gasteiger partial charge in [-0.3, -0.25) is 4.79 Å². The van der Waals surface area contributed by atoms with E-state index in [1.165, 1.54) is 38.5 Å². The number of ether oxygens (including phenoxy) is 1. The van der Waals surface area contributed by atoms with E-state index in [-0.39, 0.29) is 5.91 Å². The lowest BCUT2D eigenvalue weighted by Crippen LogP contribution is -2.51. The number of carbonyl (C=O) groups excluding carboxylic acids is 1. The van der Waals surface area contributed by atoms with E-state index in [0.29, 0.717) is 23.3 Å². The van der Waals surface area contributed by atoms with Gasteiger partial charge in [-0.25, -0.2) is 0 Å². The SMILES string of the molecule is CCOc1ccccc1C(=O)NCC12CC3CC(CC(C3)C1)C2. The number of nitrogens with one attached hydrogen (secondary N) is 1. The van der Waals surface area contributed by atoms with E-state index in [0.717, 1.165) is 24.3 Å². The molecular weight excluding hydrogens is 286 g/mol. The van der Waals surface area contributed by atoms with Gasteiger partial charge in [0.25, 0.3) is 5.91 Å². The van der Waals surface area contributed by atoms with Crippen molar-refractivity contribution in [3.05, 3.63) is 29.8 Å². The molecular formula is C20H27NO2. The summed E-state index contributed by atoms with van der Waals surface area (Å²) in [4.78, 5) is 12.6. The van der Waals surface area contributed by atoms with E-state index < -0.39 is 0 Å². The van der Waals surface area contributed by atoms with Crippen molar-refractivity contribution in [1.29, 1.82) is 0 Å². The molecule has 0 aliphatic heterocycles. The Bertz CT molecular complexity index is 560. The smallest absolute Gasteiger partial charge is 0.255 e. The fraction of sp³-hybridized carbons (Fsp3) is 0.650. The van der Waals surface area contributed by atoms with Crippen molar-refractivity contribution in [3.8, 4) is 5.75 Å². The van der Waals surface area contributed by atoms with Crippen LogP contribution in [0.15, 0.2) is 24.3 Å². The van der Waals surface area contributed by atoms with E-state index in [1.54, 1.807) is 0 Å². The molecule has 3 nitrogen and oxygen atoms in total. The number of hydrogen-bond donors (Lipinski definition) is 1. The minimum Gasteiger partial charge on any atom is -0.493 e. The van der Waals surface area contributed by atoms with Crippen molar-refractivity contribution in [1.82, 2.24) is 5.32 Å². The first-order valence-corrected chi connectivity index (χ1v) is 9.17. The lowest BCUT2D eigenvalue weighted by molar-refractivity contribution is -0.0503. The van der Waals surface area contributed by atoms with Crippen LogP contribution in [0, 0.1) is 23.2 Å². The molecule has 1 aromatic carbocycles. The van der Waals surface area contributed by atoms with Crippen molar-refractivity contribution < 1.29 is 9.53 Å². The summed E-state index contributed by atoms with van der Waals surface area (Å²) in [7, 11) is 0. The van der Waals surface area contributed by atoms with Crippen LogP contribution >= 0.6 is 0 Å². The van der Waals surface area contributed by atoms with Crippen molar-refractivity contribution in [2.45, 2.75) is 45.4 Å². The van der Waals surface area contributed by atoms with Crippen LogP contribution in [0.25, 0.3) is 0 Å². The van der Waals surface area contributed by atoms with Crippen LogP contribution in [0.2, 0.25) is 0 Å². The predicted molar refractivity (Wildman–Crippen MR) is 90.5 cm³/mol. The highest BCUT2D eigenvalue weighted by Crippen LogP contribution is 2.59. The topological polar surface area (TPSA) is 38.3 Å². The molecule has 0 atom stereocenters. The minimum absolute atomic E-state index is 0.0183. The largest absolute Gasteiger partial charge is 0.493 e. The maximum Gasteiger partial charge on any atom is 0.255 e. The number of amides is 1. The third-order valence-corrected chi connectivity index (χ3v) is 6.22. The van der Waals surface area contributed by atoms with Crippen LogP contribution in [-0.4, -0.2) is 19.1 Å². The third-order valence-electron chi connectivity index (χ3n) is 6.22. The van der Waals surface area contributed by atoms with Gasteiger partial charge in [0.05, 0.1) is 12.2 Å². The molecule has 0 unspecified atom stereocenters. The summed E-state index contributed by atoms with van der Waals surface area (Å²) in [5.41, 5.74) is 1.05. The molecule has 1 amide bonds. The second-order valence-electron chi connectivity index (χ2n) is 8.03. The Hall–Kier alpha value is -1.51. The lowest BCUT2D eigenvalue weighted by atomic mass is 9.49. The third kappa shape index (κ3) is 2.86. The van der Waals surface area contributed by atoms with E-state index >= 15 is 0 Å². The zero-order valence-electron chi connectivity index (χ0n) is 14.0.